The Bertz CT molecular complexity index is 233. The maximum atomic E-state index is 12.1. The molecule has 2 N–H and O–H groups in total. The van der Waals surface area contributed by atoms with Crippen LogP contribution in [0.15, 0.2) is 0 Å². The van der Waals surface area contributed by atoms with E-state index in [0.717, 1.165) is 19.5 Å². The van der Waals surface area contributed by atoms with Gasteiger partial charge in [-0.3, -0.25) is 9.63 Å². The Labute approximate surface area is 98.1 Å². The van der Waals surface area contributed by atoms with Crippen molar-refractivity contribution >= 4 is 5.91 Å². The van der Waals surface area contributed by atoms with Crippen LogP contribution < -0.4 is 10.8 Å². The van der Waals surface area contributed by atoms with Gasteiger partial charge >= 0.3 is 0 Å². The van der Waals surface area contributed by atoms with Crippen LogP contribution in [0.3, 0.4) is 0 Å². The number of carbonyl (C=O) groups excluding carboxylic acids is 1. The number of hydrogen-bond donors (Lipinski definition) is 2. The molecule has 0 radical (unpaired) electrons. The molecule has 0 aliphatic carbocycles. The van der Waals surface area contributed by atoms with Crippen molar-refractivity contribution in [2.45, 2.75) is 34.1 Å². The standard InChI is InChI=1S/C12H24N2O2/c1-9(2)7-16-14-11(15)12(10(3)4)5-6-13-8-12/h9-10,13H,5-8H2,1-4H3,(H,14,15). The molecular weight excluding hydrogens is 204 g/mol. The van der Waals surface area contributed by atoms with Crippen LogP contribution in [0, 0.1) is 17.3 Å². The Morgan fingerprint density at radius 2 is 2.12 bits per heavy atom. The lowest BCUT2D eigenvalue weighted by molar-refractivity contribution is -0.146. The molecule has 1 fully saturated rings. The van der Waals surface area contributed by atoms with Crippen LogP contribution in [0.4, 0.5) is 0 Å². The van der Waals surface area contributed by atoms with Gasteiger partial charge in [0.05, 0.1) is 12.0 Å². The largest absolute Gasteiger partial charge is 0.316 e. The average Bonchev–Trinajstić information content (AvgIpc) is 2.66. The van der Waals surface area contributed by atoms with E-state index in [0.29, 0.717) is 18.4 Å². The van der Waals surface area contributed by atoms with Gasteiger partial charge in [0.25, 0.3) is 5.91 Å². The van der Waals surface area contributed by atoms with E-state index in [9.17, 15) is 4.79 Å². The summed E-state index contributed by atoms with van der Waals surface area (Å²) < 4.78 is 0. The normalized spacial score (nSPS) is 25.4. The maximum absolute atomic E-state index is 12.1. The van der Waals surface area contributed by atoms with Gasteiger partial charge in [0.1, 0.15) is 0 Å². The first-order valence-electron chi connectivity index (χ1n) is 6.12. The van der Waals surface area contributed by atoms with Crippen molar-refractivity contribution in [3.05, 3.63) is 0 Å². The second kappa shape index (κ2) is 5.64. The number of hydrogen-bond acceptors (Lipinski definition) is 3. The molecule has 1 aliphatic heterocycles. The highest BCUT2D eigenvalue weighted by atomic mass is 16.7. The molecule has 1 unspecified atom stereocenters. The number of nitrogens with one attached hydrogen (secondary N) is 2. The van der Waals surface area contributed by atoms with Crippen molar-refractivity contribution in [1.29, 1.82) is 0 Å². The Kier molecular flexibility index (Phi) is 4.74. The molecule has 0 saturated carbocycles. The molecule has 4 nitrogen and oxygen atoms in total. The second-order valence-corrected chi connectivity index (χ2v) is 5.37. The van der Waals surface area contributed by atoms with Crippen LogP contribution in [-0.4, -0.2) is 25.6 Å². The zero-order chi connectivity index (χ0) is 12.2. The van der Waals surface area contributed by atoms with E-state index in [2.05, 4.69) is 38.5 Å². The highest BCUT2D eigenvalue weighted by molar-refractivity contribution is 5.82. The van der Waals surface area contributed by atoms with Crippen molar-refractivity contribution in [2.24, 2.45) is 17.3 Å². The zero-order valence-electron chi connectivity index (χ0n) is 10.8. The average molecular weight is 228 g/mol. The first-order chi connectivity index (χ1) is 7.49. The SMILES string of the molecule is CC(C)CONC(=O)C1(C(C)C)CCNC1. The monoisotopic (exact) mass is 228 g/mol. The Hall–Kier alpha value is -0.610. The molecular formula is C12H24N2O2. The molecule has 4 heteroatoms. The van der Waals surface area contributed by atoms with Gasteiger partial charge < -0.3 is 5.32 Å². The van der Waals surface area contributed by atoms with E-state index in [1.807, 2.05) is 0 Å². The van der Waals surface area contributed by atoms with Crippen molar-refractivity contribution in [2.75, 3.05) is 19.7 Å². The molecule has 1 heterocycles. The predicted octanol–water partition coefficient (Wildman–Crippen LogP) is 1.33. The van der Waals surface area contributed by atoms with Crippen LogP contribution in [-0.2, 0) is 9.63 Å². The predicted molar refractivity (Wildman–Crippen MR) is 63.7 cm³/mol. The molecule has 0 spiro atoms. The van der Waals surface area contributed by atoms with Gasteiger partial charge in [0.15, 0.2) is 0 Å². The maximum Gasteiger partial charge on any atom is 0.251 e. The first-order valence-corrected chi connectivity index (χ1v) is 6.12. The van der Waals surface area contributed by atoms with E-state index in [1.165, 1.54) is 0 Å². The summed E-state index contributed by atoms with van der Waals surface area (Å²) in [5.41, 5.74) is 2.30. The molecule has 1 rings (SSSR count). The van der Waals surface area contributed by atoms with Gasteiger partial charge in [-0.25, -0.2) is 5.48 Å². The van der Waals surface area contributed by atoms with E-state index in [4.69, 9.17) is 4.84 Å². The smallest absolute Gasteiger partial charge is 0.251 e. The summed E-state index contributed by atoms with van der Waals surface area (Å²) in [6.07, 6.45) is 0.890. The van der Waals surface area contributed by atoms with Gasteiger partial charge in [0, 0.05) is 6.54 Å². The summed E-state index contributed by atoms with van der Waals surface area (Å²) >= 11 is 0. The molecule has 1 atom stereocenters. The minimum absolute atomic E-state index is 0.0214. The van der Waals surface area contributed by atoms with Gasteiger partial charge in [-0.15, -0.1) is 0 Å². The van der Waals surface area contributed by atoms with Crippen molar-refractivity contribution < 1.29 is 9.63 Å². The molecule has 16 heavy (non-hydrogen) atoms. The summed E-state index contributed by atoms with van der Waals surface area (Å²) in [4.78, 5) is 17.3. The van der Waals surface area contributed by atoms with E-state index < -0.39 is 0 Å². The molecule has 94 valence electrons. The van der Waals surface area contributed by atoms with E-state index in [1.54, 1.807) is 0 Å². The van der Waals surface area contributed by atoms with Crippen LogP contribution in [0.2, 0.25) is 0 Å². The van der Waals surface area contributed by atoms with Crippen LogP contribution in [0.25, 0.3) is 0 Å². The number of amides is 1. The fourth-order valence-electron chi connectivity index (χ4n) is 2.04. The molecule has 1 saturated heterocycles. The van der Waals surface area contributed by atoms with Gasteiger partial charge in [0.2, 0.25) is 0 Å². The molecule has 1 aliphatic rings. The van der Waals surface area contributed by atoms with Gasteiger partial charge in [-0.05, 0) is 24.8 Å². The Morgan fingerprint density at radius 1 is 1.44 bits per heavy atom. The van der Waals surface area contributed by atoms with Crippen LogP contribution in [0.5, 0.6) is 0 Å². The molecule has 0 aromatic rings. The zero-order valence-corrected chi connectivity index (χ0v) is 10.8. The quantitative estimate of drug-likeness (QED) is 0.698. The second-order valence-electron chi connectivity index (χ2n) is 5.37. The lowest BCUT2D eigenvalue weighted by atomic mass is 9.76. The minimum Gasteiger partial charge on any atom is -0.316 e. The topological polar surface area (TPSA) is 50.4 Å². The molecule has 0 aromatic carbocycles. The third-order valence-electron chi connectivity index (χ3n) is 3.33. The highest BCUT2D eigenvalue weighted by Gasteiger charge is 2.44. The van der Waals surface area contributed by atoms with E-state index >= 15 is 0 Å². The lowest BCUT2D eigenvalue weighted by Gasteiger charge is -2.30. The molecule has 0 aromatic heterocycles. The molecule has 0 bridgehead atoms. The highest BCUT2D eigenvalue weighted by Crippen LogP contribution is 2.34. The van der Waals surface area contributed by atoms with Crippen LogP contribution in [0.1, 0.15) is 34.1 Å². The summed E-state index contributed by atoms with van der Waals surface area (Å²) in [6, 6.07) is 0. The number of hydroxylamine groups is 1. The van der Waals surface area contributed by atoms with Gasteiger partial charge in [-0.1, -0.05) is 27.7 Å². The van der Waals surface area contributed by atoms with E-state index in [-0.39, 0.29) is 11.3 Å². The lowest BCUT2D eigenvalue weighted by Crippen LogP contribution is -2.46. The summed E-state index contributed by atoms with van der Waals surface area (Å²) in [7, 11) is 0. The summed E-state index contributed by atoms with van der Waals surface area (Å²) in [5, 5.41) is 3.26. The van der Waals surface area contributed by atoms with Crippen LogP contribution >= 0.6 is 0 Å². The van der Waals surface area contributed by atoms with Crippen molar-refractivity contribution in [3.8, 4) is 0 Å². The fraction of sp³-hybridized carbons (Fsp3) is 0.917. The minimum atomic E-state index is -0.295. The summed E-state index contributed by atoms with van der Waals surface area (Å²) in [5.74, 6) is 0.773. The third kappa shape index (κ3) is 2.95. The third-order valence-corrected chi connectivity index (χ3v) is 3.33. The van der Waals surface area contributed by atoms with Crippen molar-refractivity contribution in [3.63, 3.8) is 0 Å². The van der Waals surface area contributed by atoms with Gasteiger partial charge in [-0.2, -0.15) is 0 Å². The fourth-order valence-corrected chi connectivity index (χ4v) is 2.04. The Balaban J connectivity index is 2.49. The Morgan fingerprint density at radius 3 is 2.56 bits per heavy atom. The number of carbonyl (C=O) groups is 1. The summed E-state index contributed by atoms with van der Waals surface area (Å²) in [6.45, 7) is 10.5. The number of rotatable bonds is 5. The first kappa shape index (κ1) is 13.5. The molecule has 1 amide bonds. The van der Waals surface area contributed by atoms with Crippen molar-refractivity contribution in [1.82, 2.24) is 10.8 Å².